The Morgan fingerprint density at radius 2 is 2.29 bits per heavy atom. The van der Waals surface area contributed by atoms with E-state index < -0.39 is 0 Å². The van der Waals surface area contributed by atoms with Crippen molar-refractivity contribution in [3.05, 3.63) is 0 Å². The number of hydrogen-bond acceptors (Lipinski definition) is 3. The van der Waals surface area contributed by atoms with Crippen LogP contribution >= 0.6 is 11.8 Å². The molecule has 0 aromatic rings. The van der Waals surface area contributed by atoms with Crippen LogP contribution in [-0.4, -0.2) is 49.0 Å². The molecule has 1 saturated heterocycles. The molecule has 0 bridgehead atoms. The van der Waals surface area contributed by atoms with Crippen LogP contribution in [-0.2, 0) is 4.79 Å². The van der Waals surface area contributed by atoms with Gasteiger partial charge in [-0.2, -0.15) is 11.8 Å². The number of nitrogens with zero attached hydrogens (tertiary/aromatic N) is 1. The highest BCUT2D eigenvalue weighted by Gasteiger charge is 2.43. The lowest BCUT2D eigenvalue weighted by atomic mass is 9.93. The maximum Gasteiger partial charge on any atom is 0.239 e. The number of thioether (sulfide) groups is 1. The maximum atomic E-state index is 12.3. The fourth-order valence-electron chi connectivity index (χ4n) is 3.25. The molecule has 1 aliphatic heterocycles. The van der Waals surface area contributed by atoms with Gasteiger partial charge in [0.25, 0.3) is 0 Å². The Hall–Kier alpha value is -0.220. The number of fused-ring (bicyclic) bond motifs is 1. The van der Waals surface area contributed by atoms with E-state index in [1.165, 1.54) is 19.3 Å². The SMILES string of the molecule is CSCCCN(C)C(=O)C1NCC2CCCC21. The van der Waals surface area contributed by atoms with Crippen LogP contribution in [0.15, 0.2) is 0 Å². The monoisotopic (exact) mass is 256 g/mol. The van der Waals surface area contributed by atoms with E-state index in [1.54, 1.807) is 0 Å². The molecule has 1 N–H and O–H groups in total. The summed E-state index contributed by atoms with van der Waals surface area (Å²) in [6.07, 6.45) is 7.09. The van der Waals surface area contributed by atoms with E-state index in [2.05, 4.69) is 11.6 Å². The number of hydrogen-bond donors (Lipinski definition) is 1. The highest BCUT2D eigenvalue weighted by atomic mass is 32.2. The summed E-state index contributed by atoms with van der Waals surface area (Å²) in [5.74, 6) is 2.84. The van der Waals surface area contributed by atoms with Gasteiger partial charge < -0.3 is 10.2 Å². The summed E-state index contributed by atoms with van der Waals surface area (Å²) >= 11 is 1.85. The lowest BCUT2D eigenvalue weighted by Gasteiger charge is -2.24. The Morgan fingerprint density at radius 1 is 1.47 bits per heavy atom. The van der Waals surface area contributed by atoms with Crippen LogP contribution in [0.1, 0.15) is 25.7 Å². The molecule has 1 heterocycles. The lowest BCUT2D eigenvalue weighted by Crippen LogP contribution is -2.45. The van der Waals surface area contributed by atoms with Crippen molar-refractivity contribution < 1.29 is 4.79 Å². The molecular weight excluding hydrogens is 232 g/mol. The first-order valence-electron chi connectivity index (χ1n) is 6.71. The van der Waals surface area contributed by atoms with E-state index in [-0.39, 0.29) is 6.04 Å². The standard InChI is InChI=1S/C13H24N2OS/c1-15(7-4-8-17-2)13(16)12-11-6-3-5-10(11)9-14-12/h10-12,14H,3-9H2,1-2H3. The Balaban J connectivity index is 1.82. The van der Waals surface area contributed by atoms with Crippen molar-refractivity contribution in [3.63, 3.8) is 0 Å². The predicted octanol–water partition coefficient (Wildman–Crippen LogP) is 1.59. The third-order valence-corrected chi connectivity index (χ3v) is 4.93. The van der Waals surface area contributed by atoms with Crippen molar-refractivity contribution in [3.8, 4) is 0 Å². The zero-order chi connectivity index (χ0) is 12.3. The highest BCUT2D eigenvalue weighted by molar-refractivity contribution is 7.98. The van der Waals surface area contributed by atoms with Gasteiger partial charge in [0.05, 0.1) is 6.04 Å². The first-order valence-corrected chi connectivity index (χ1v) is 8.10. The van der Waals surface area contributed by atoms with Gasteiger partial charge in [-0.25, -0.2) is 0 Å². The molecule has 3 nitrogen and oxygen atoms in total. The van der Waals surface area contributed by atoms with Crippen molar-refractivity contribution in [2.24, 2.45) is 11.8 Å². The van der Waals surface area contributed by atoms with Crippen molar-refractivity contribution in [1.29, 1.82) is 0 Å². The second kappa shape index (κ2) is 6.10. The second-order valence-electron chi connectivity index (χ2n) is 5.35. The first kappa shape index (κ1) is 13.2. The molecule has 0 aromatic heterocycles. The Labute approximate surface area is 109 Å². The third-order valence-electron chi connectivity index (χ3n) is 4.23. The van der Waals surface area contributed by atoms with Gasteiger partial charge in [0.15, 0.2) is 0 Å². The number of rotatable bonds is 5. The average Bonchev–Trinajstić information content (AvgIpc) is 2.90. The van der Waals surface area contributed by atoms with Crippen LogP contribution in [0, 0.1) is 11.8 Å². The molecule has 2 fully saturated rings. The van der Waals surface area contributed by atoms with Gasteiger partial charge >= 0.3 is 0 Å². The Bertz CT molecular complexity index is 272. The summed E-state index contributed by atoms with van der Waals surface area (Å²) in [5.41, 5.74) is 0. The molecule has 4 heteroatoms. The maximum absolute atomic E-state index is 12.3. The Morgan fingerprint density at radius 3 is 3.06 bits per heavy atom. The average molecular weight is 256 g/mol. The number of amides is 1. The van der Waals surface area contributed by atoms with Gasteiger partial charge in [-0.3, -0.25) is 4.79 Å². The molecule has 3 atom stereocenters. The van der Waals surface area contributed by atoms with Crippen LogP contribution in [0.5, 0.6) is 0 Å². The normalized spacial score (nSPS) is 31.5. The summed E-state index contributed by atoms with van der Waals surface area (Å²) < 4.78 is 0. The topological polar surface area (TPSA) is 32.3 Å². The number of carbonyl (C=O) groups is 1. The molecule has 0 spiro atoms. The van der Waals surface area contributed by atoms with Gasteiger partial charge in [0, 0.05) is 13.6 Å². The van der Waals surface area contributed by atoms with E-state index in [9.17, 15) is 4.79 Å². The fraction of sp³-hybridized carbons (Fsp3) is 0.923. The van der Waals surface area contributed by atoms with Gasteiger partial charge in [0.2, 0.25) is 5.91 Å². The third kappa shape index (κ3) is 2.97. The molecule has 3 unspecified atom stereocenters. The van der Waals surface area contributed by atoms with E-state index >= 15 is 0 Å². The highest BCUT2D eigenvalue weighted by Crippen LogP contribution is 2.38. The molecule has 2 rings (SSSR count). The summed E-state index contributed by atoms with van der Waals surface area (Å²) in [7, 11) is 1.95. The van der Waals surface area contributed by atoms with Gasteiger partial charge in [-0.05, 0) is 49.7 Å². The zero-order valence-corrected chi connectivity index (χ0v) is 11.8. The quantitative estimate of drug-likeness (QED) is 0.758. The van der Waals surface area contributed by atoms with Crippen LogP contribution in [0.3, 0.4) is 0 Å². The minimum absolute atomic E-state index is 0.113. The summed E-state index contributed by atoms with van der Waals surface area (Å²) in [4.78, 5) is 14.3. The molecule has 1 aliphatic carbocycles. The van der Waals surface area contributed by atoms with E-state index in [0.29, 0.717) is 11.8 Å². The minimum Gasteiger partial charge on any atom is -0.344 e. The first-order chi connectivity index (χ1) is 8.24. The van der Waals surface area contributed by atoms with Crippen LogP contribution in [0.4, 0.5) is 0 Å². The molecule has 0 radical (unpaired) electrons. The summed E-state index contributed by atoms with van der Waals surface area (Å²) in [6, 6.07) is 0.113. The lowest BCUT2D eigenvalue weighted by molar-refractivity contribution is -0.132. The van der Waals surface area contributed by atoms with E-state index in [4.69, 9.17) is 0 Å². The van der Waals surface area contributed by atoms with Crippen molar-refractivity contribution in [2.45, 2.75) is 31.7 Å². The number of carbonyl (C=O) groups excluding carboxylic acids is 1. The van der Waals surface area contributed by atoms with Crippen molar-refractivity contribution >= 4 is 17.7 Å². The van der Waals surface area contributed by atoms with Crippen LogP contribution < -0.4 is 5.32 Å². The summed E-state index contributed by atoms with van der Waals surface area (Å²) in [6.45, 7) is 1.95. The largest absolute Gasteiger partial charge is 0.344 e. The molecule has 0 aromatic carbocycles. The smallest absolute Gasteiger partial charge is 0.239 e. The number of nitrogens with one attached hydrogen (secondary N) is 1. The Kier molecular flexibility index (Phi) is 4.74. The summed E-state index contributed by atoms with van der Waals surface area (Å²) in [5, 5.41) is 3.43. The predicted molar refractivity (Wildman–Crippen MR) is 73.3 cm³/mol. The van der Waals surface area contributed by atoms with Crippen LogP contribution in [0.25, 0.3) is 0 Å². The molecule has 98 valence electrons. The minimum atomic E-state index is 0.113. The molecule has 17 heavy (non-hydrogen) atoms. The van der Waals surface area contributed by atoms with Gasteiger partial charge in [0.1, 0.15) is 0 Å². The zero-order valence-electron chi connectivity index (χ0n) is 10.9. The molecule has 1 saturated carbocycles. The van der Waals surface area contributed by atoms with E-state index in [1.807, 2.05) is 23.7 Å². The number of likely N-dealkylation sites (N-methyl/N-ethyl adjacent to an activating group) is 1. The van der Waals surface area contributed by atoms with Crippen molar-refractivity contribution in [1.82, 2.24) is 10.2 Å². The van der Waals surface area contributed by atoms with E-state index in [0.717, 1.165) is 31.2 Å². The molecular formula is C13H24N2OS. The van der Waals surface area contributed by atoms with Gasteiger partial charge in [-0.15, -0.1) is 0 Å². The molecule has 2 aliphatic rings. The second-order valence-corrected chi connectivity index (χ2v) is 6.33. The fourth-order valence-corrected chi connectivity index (χ4v) is 3.67. The molecule has 1 amide bonds. The van der Waals surface area contributed by atoms with Gasteiger partial charge in [-0.1, -0.05) is 6.42 Å². The van der Waals surface area contributed by atoms with Crippen molar-refractivity contribution in [2.75, 3.05) is 32.1 Å². The van der Waals surface area contributed by atoms with Crippen LogP contribution in [0.2, 0.25) is 0 Å².